The highest BCUT2D eigenvalue weighted by Gasteiger charge is 2.25. The quantitative estimate of drug-likeness (QED) is 0.652. The Morgan fingerprint density at radius 2 is 2.38 bits per heavy atom. The van der Waals surface area contributed by atoms with Gasteiger partial charge in [0.25, 0.3) is 0 Å². The number of nitrogens with zero attached hydrogens (tertiary/aromatic N) is 1. The lowest BCUT2D eigenvalue weighted by Gasteiger charge is -2.08. The van der Waals surface area contributed by atoms with E-state index in [0.29, 0.717) is 0 Å². The van der Waals surface area contributed by atoms with Crippen LogP contribution in [0.3, 0.4) is 0 Å². The number of aryl methyl sites for hydroxylation is 1. The van der Waals surface area contributed by atoms with E-state index in [4.69, 9.17) is 10.00 Å². The van der Waals surface area contributed by atoms with Crippen LogP contribution in [0.1, 0.15) is 23.5 Å². The molecule has 0 aromatic heterocycles. The van der Waals surface area contributed by atoms with Gasteiger partial charge >= 0.3 is 0 Å². The molecule has 0 bridgehead atoms. The van der Waals surface area contributed by atoms with Gasteiger partial charge in [0, 0.05) is 5.56 Å². The summed E-state index contributed by atoms with van der Waals surface area (Å²) in [6, 6.07) is 8.30. The average molecular weight is 173 g/mol. The molecule has 0 N–H and O–H groups in total. The summed E-state index contributed by atoms with van der Waals surface area (Å²) in [5, 5.41) is 8.93. The van der Waals surface area contributed by atoms with Gasteiger partial charge in [-0.05, 0) is 24.5 Å². The molecule has 1 aliphatic rings. The topological polar surface area (TPSA) is 33.0 Å². The Hall–Kier alpha value is -1.49. The second-order valence-electron chi connectivity index (χ2n) is 3.25. The number of nitriles is 1. The third-order valence-electron chi connectivity index (χ3n) is 2.58. The van der Waals surface area contributed by atoms with E-state index >= 15 is 0 Å². The third kappa shape index (κ3) is 1.17. The molecule has 0 saturated heterocycles. The first-order valence-corrected chi connectivity index (χ1v) is 4.42. The minimum absolute atomic E-state index is 0.0335. The smallest absolute Gasteiger partial charge is 0.123 e. The Balaban J connectivity index is 2.54. The van der Waals surface area contributed by atoms with Crippen LogP contribution in [0.2, 0.25) is 0 Å². The largest absolute Gasteiger partial charge is 0.496 e. The normalized spacial score (nSPS) is 19.2. The zero-order valence-corrected chi connectivity index (χ0v) is 7.58. The van der Waals surface area contributed by atoms with Crippen LogP contribution in [0.4, 0.5) is 0 Å². The molecule has 2 heteroatoms. The lowest BCUT2D eigenvalue weighted by Crippen LogP contribution is -1.94. The van der Waals surface area contributed by atoms with E-state index in [1.807, 2.05) is 12.1 Å². The zero-order chi connectivity index (χ0) is 9.26. The molecule has 0 fully saturated rings. The lowest BCUT2D eigenvalue weighted by molar-refractivity contribution is 0.409. The molecule has 2 rings (SSSR count). The average Bonchev–Trinajstić information content (AvgIpc) is 2.60. The maximum absolute atomic E-state index is 8.93. The molecule has 1 aromatic carbocycles. The Kier molecular flexibility index (Phi) is 1.94. The minimum Gasteiger partial charge on any atom is -0.496 e. The van der Waals surface area contributed by atoms with E-state index in [2.05, 4.69) is 12.1 Å². The molecule has 0 aliphatic heterocycles. The molecule has 0 spiro atoms. The number of methoxy groups -OCH3 is 1. The molecule has 1 unspecified atom stereocenters. The maximum atomic E-state index is 8.93. The second kappa shape index (κ2) is 3.10. The fourth-order valence-electron chi connectivity index (χ4n) is 1.95. The number of benzene rings is 1. The van der Waals surface area contributed by atoms with Crippen molar-refractivity contribution < 1.29 is 4.74 Å². The fourth-order valence-corrected chi connectivity index (χ4v) is 1.95. The molecule has 1 aromatic rings. The van der Waals surface area contributed by atoms with Gasteiger partial charge in [-0.25, -0.2) is 0 Å². The summed E-state index contributed by atoms with van der Waals surface area (Å²) >= 11 is 0. The van der Waals surface area contributed by atoms with Crippen molar-refractivity contribution in [2.45, 2.75) is 18.8 Å². The van der Waals surface area contributed by atoms with Crippen LogP contribution in [0.15, 0.2) is 18.2 Å². The van der Waals surface area contributed by atoms with Gasteiger partial charge in [0.2, 0.25) is 0 Å². The van der Waals surface area contributed by atoms with Crippen LogP contribution in [-0.4, -0.2) is 7.11 Å². The highest BCUT2D eigenvalue weighted by Crippen LogP contribution is 2.38. The summed E-state index contributed by atoms with van der Waals surface area (Å²) in [6.45, 7) is 0. The highest BCUT2D eigenvalue weighted by atomic mass is 16.5. The fraction of sp³-hybridized carbons (Fsp3) is 0.364. The molecule has 2 nitrogen and oxygen atoms in total. The predicted octanol–water partition coefficient (Wildman–Crippen LogP) is 2.25. The minimum atomic E-state index is 0.0335. The van der Waals surface area contributed by atoms with Gasteiger partial charge in [-0.15, -0.1) is 0 Å². The summed E-state index contributed by atoms with van der Waals surface area (Å²) in [7, 11) is 1.66. The summed E-state index contributed by atoms with van der Waals surface area (Å²) in [4.78, 5) is 0. The van der Waals surface area contributed by atoms with Crippen LogP contribution in [-0.2, 0) is 6.42 Å². The maximum Gasteiger partial charge on any atom is 0.123 e. The van der Waals surface area contributed by atoms with Crippen molar-refractivity contribution in [1.82, 2.24) is 0 Å². The molecule has 66 valence electrons. The van der Waals surface area contributed by atoms with Crippen LogP contribution in [0, 0.1) is 11.3 Å². The zero-order valence-electron chi connectivity index (χ0n) is 7.58. The van der Waals surface area contributed by atoms with Crippen molar-refractivity contribution >= 4 is 0 Å². The van der Waals surface area contributed by atoms with Gasteiger partial charge in [0.05, 0.1) is 19.1 Å². The van der Waals surface area contributed by atoms with Crippen LogP contribution in [0.25, 0.3) is 0 Å². The molecule has 0 heterocycles. The summed E-state index contributed by atoms with van der Waals surface area (Å²) in [6.07, 6.45) is 1.94. The lowest BCUT2D eigenvalue weighted by atomic mass is 10.0. The number of ether oxygens (including phenoxy) is 1. The monoisotopic (exact) mass is 173 g/mol. The highest BCUT2D eigenvalue weighted by molar-refractivity contribution is 5.48. The van der Waals surface area contributed by atoms with Crippen LogP contribution in [0.5, 0.6) is 5.75 Å². The van der Waals surface area contributed by atoms with Gasteiger partial charge in [-0.1, -0.05) is 12.1 Å². The Labute approximate surface area is 77.8 Å². The van der Waals surface area contributed by atoms with E-state index in [1.165, 1.54) is 5.56 Å². The van der Waals surface area contributed by atoms with E-state index in [9.17, 15) is 0 Å². The van der Waals surface area contributed by atoms with Crippen LogP contribution >= 0.6 is 0 Å². The first-order valence-electron chi connectivity index (χ1n) is 4.42. The van der Waals surface area contributed by atoms with E-state index in [1.54, 1.807) is 7.11 Å². The first-order chi connectivity index (χ1) is 6.36. The summed E-state index contributed by atoms with van der Waals surface area (Å²) in [5.74, 6) is 0.896. The van der Waals surface area contributed by atoms with Crippen molar-refractivity contribution in [2.75, 3.05) is 7.11 Å². The molecule has 0 radical (unpaired) electrons. The van der Waals surface area contributed by atoms with Gasteiger partial charge < -0.3 is 4.74 Å². The second-order valence-corrected chi connectivity index (χ2v) is 3.25. The molecule has 0 amide bonds. The van der Waals surface area contributed by atoms with Crippen molar-refractivity contribution in [3.8, 4) is 11.8 Å². The molecule has 1 aliphatic carbocycles. The van der Waals surface area contributed by atoms with Gasteiger partial charge in [-0.2, -0.15) is 5.26 Å². The van der Waals surface area contributed by atoms with E-state index < -0.39 is 0 Å². The Morgan fingerprint density at radius 1 is 1.54 bits per heavy atom. The molecule has 1 atom stereocenters. The van der Waals surface area contributed by atoms with Crippen LogP contribution < -0.4 is 4.74 Å². The first kappa shape index (κ1) is 8.12. The molecule has 0 saturated carbocycles. The SMILES string of the molecule is COc1cccc2c1C(C#N)CC2. The van der Waals surface area contributed by atoms with Crippen molar-refractivity contribution in [3.63, 3.8) is 0 Å². The third-order valence-corrected chi connectivity index (χ3v) is 2.58. The number of hydrogen-bond acceptors (Lipinski definition) is 2. The number of rotatable bonds is 1. The van der Waals surface area contributed by atoms with E-state index in [0.717, 1.165) is 24.2 Å². The van der Waals surface area contributed by atoms with E-state index in [-0.39, 0.29) is 5.92 Å². The molecule has 13 heavy (non-hydrogen) atoms. The summed E-state index contributed by atoms with van der Waals surface area (Å²) < 4.78 is 5.24. The van der Waals surface area contributed by atoms with Crippen molar-refractivity contribution in [2.24, 2.45) is 0 Å². The standard InChI is InChI=1S/C11H11NO/c1-13-10-4-2-3-8-5-6-9(7-12)11(8)10/h2-4,9H,5-6H2,1H3. The molecular weight excluding hydrogens is 162 g/mol. The summed E-state index contributed by atoms with van der Waals surface area (Å²) in [5.41, 5.74) is 2.37. The predicted molar refractivity (Wildman–Crippen MR) is 49.7 cm³/mol. The van der Waals surface area contributed by atoms with Crippen molar-refractivity contribution in [3.05, 3.63) is 29.3 Å². The van der Waals surface area contributed by atoms with Gasteiger partial charge in [0.1, 0.15) is 5.75 Å². The Morgan fingerprint density at radius 3 is 3.08 bits per heavy atom. The van der Waals surface area contributed by atoms with Crippen molar-refractivity contribution in [1.29, 1.82) is 5.26 Å². The van der Waals surface area contributed by atoms with Gasteiger partial charge in [-0.3, -0.25) is 0 Å². The van der Waals surface area contributed by atoms with Gasteiger partial charge in [0.15, 0.2) is 0 Å². The number of fused-ring (bicyclic) bond motifs is 1. The Bertz CT molecular complexity index is 365. The number of hydrogen-bond donors (Lipinski definition) is 0. The molecular formula is C11H11NO.